The van der Waals surface area contributed by atoms with E-state index in [1.54, 1.807) is 41.3 Å². The van der Waals surface area contributed by atoms with Crippen LogP contribution in [0.15, 0.2) is 75.5 Å². The average molecular weight is 473 g/mol. The zero-order valence-corrected chi connectivity index (χ0v) is 17.7. The van der Waals surface area contributed by atoms with Gasteiger partial charge in [-0.1, -0.05) is 52.0 Å². The molecular formula is C21H14BrFN2OS2. The highest BCUT2D eigenvalue weighted by Gasteiger charge is 2.12. The van der Waals surface area contributed by atoms with Crippen LogP contribution in [0.3, 0.4) is 0 Å². The lowest BCUT2D eigenvalue weighted by Gasteiger charge is -2.05. The van der Waals surface area contributed by atoms with Gasteiger partial charge in [-0.05, 0) is 48.0 Å². The molecule has 0 atom stereocenters. The summed E-state index contributed by atoms with van der Waals surface area (Å²) in [5, 5.41) is 2.75. The van der Waals surface area contributed by atoms with Crippen molar-refractivity contribution in [1.82, 2.24) is 4.98 Å². The van der Waals surface area contributed by atoms with Crippen LogP contribution in [0.1, 0.15) is 15.9 Å². The van der Waals surface area contributed by atoms with E-state index in [4.69, 9.17) is 0 Å². The number of hydrogen-bond donors (Lipinski definition) is 1. The number of carbonyl (C=O) groups is 1. The molecule has 0 aliphatic rings. The molecule has 0 unspecified atom stereocenters. The number of hydrogen-bond acceptors (Lipinski definition) is 4. The van der Waals surface area contributed by atoms with Crippen molar-refractivity contribution in [2.75, 3.05) is 5.32 Å². The molecule has 4 aromatic rings. The van der Waals surface area contributed by atoms with Crippen LogP contribution in [0.25, 0.3) is 10.2 Å². The van der Waals surface area contributed by atoms with Gasteiger partial charge in [-0.25, -0.2) is 9.37 Å². The number of carbonyl (C=O) groups excluding carboxylic acids is 1. The molecule has 0 saturated carbocycles. The zero-order chi connectivity index (χ0) is 19.5. The number of aromatic nitrogens is 1. The molecule has 0 aliphatic carbocycles. The van der Waals surface area contributed by atoms with E-state index in [9.17, 15) is 9.18 Å². The van der Waals surface area contributed by atoms with Crippen LogP contribution in [0.4, 0.5) is 10.1 Å². The summed E-state index contributed by atoms with van der Waals surface area (Å²) in [5.41, 5.74) is 2.75. The topological polar surface area (TPSA) is 42.0 Å². The molecular weight excluding hydrogens is 459 g/mol. The van der Waals surface area contributed by atoms with Gasteiger partial charge < -0.3 is 5.32 Å². The van der Waals surface area contributed by atoms with Crippen molar-refractivity contribution in [2.24, 2.45) is 0 Å². The first-order valence-electron chi connectivity index (χ1n) is 8.42. The quantitative estimate of drug-likeness (QED) is 0.327. The second-order valence-electron chi connectivity index (χ2n) is 6.01. The van der Waals surface area contributed by atoms with Crippen LogP contribution in [-0.2, 0) is 5.75 Å². The minimum atomic E-state index is -0.537. The van der Waals surface area contributed by atoms with Gasteiger partial charge in [0.25, 0.3) is 5.91 Å². The Morgan fingerprint density at radius 2 is 1.89 bits per heavy atom. The Labute approximate surface area is 178 Å². The van der Waals surface area contributed by atoms with Crippen molar-refractivity contribution in [3.8, 4) is 0 Å². The first-order valence-corrected chi connectivity index (χ1v) is 11.0. The maximum Gasteiger partial charge on any atom is 0.258 e. The van der Waals surface area contributed by atoms with E-state index >= 15 is 0 Å². The number of amides is 1. The van der Waals surface area contributed by atoms with Crippen LogP contribution >= 0.6 is 39.0 Å². The van der Waals surface area contributed by atoms with Crippen molar-refractivity contribution in [3.63, 3.8) is 0 Å². The van der Waals surface area contributed by atoms with Crippen molar-refractivity contribution >= 4 is 60.8 Å². The summed E-state index contributed by atoms with van der Waals surface area (Å²) < 4.78 is 16.8. The third-order valence-corrected chi connectivity index (χ3v) is 6.78. The molecule has 1 N–H and O–H groups in total. The third kappa shape index (κ3) is 4.43. The summed E-state index contributed by atoms with van der Waals surface area (Å²) >= 11 is 6.70. The average Bonchev–Trinajstić information content (AvgIpc) is 3.10. The zero-order valence-electron chi connectivity index (χ0n) is 14.5. The van der Waals surface area contributed by atoms with E-state index in [1.165, 1.54) is 17.7 Å². The fraction of sp³-hybridized carbons (Fsp3) is 0.0476. The van der Waals surface area contributed by atoms with Gasteiger partial charge in [0, 0.05) is 15.9 Å². The fourth-order valence-corrected chi connectivity index (χ4v) is 4.94. The summed E-state index contributed by atoms with van der Waals surface area (Å²) in [4.78, 5) is 16.9. The van der Waals surface area contributed by atoms with Crippen molar-refractivity contribution in [1.29, 1.82) is 0 Å². The number of rotatable bonds is 5. The molecule has 7 heteroatoms. The largest absolute Gasteiger partial charge is 0.322 e. The number of thiazole rings is 1. The lowest BCUT2D eigenvalue weighted by Crippen LogP contribution is -2.13. The molecule has 1 heterocycles. The number of nitrogens with zero attached hydrogens (tertiary/aromatic N) is 1. The smallest absolute Gasteiger partial charge is 0.258 e. The van der Waals surface area contributed by atoms with E-state index in [2.05, 4.69) is 38.4 Å². The molecule has 4 rings (SSSR count). The first kappa shape index (κ1) is 19.1. The maximum absolute atomic E-state index is 13.8. The Morgan fingerprint density at radius 3 is 2.68 bits per heavy atom. The van der Waals surface area contributed by atoms with Gasteiger partial charge >= 0.3 is 0 Å². The Kier molecular flexibility index (Phi) is 5.75. The molecule has 1 aromatic heterocycles. The molecule has 0 bridgehead atoms. The molecule has 140 valence electrons. The number of anilines is 1. The predicted octanol–water partition coefficient (Wildman–Crippen LogP) is 6.74. The normalized spacial score (nSPS) is 10.9. The molecule has 0 fully saturated rings. The predicted molar refractivity (Wildman–Crippen MR) is 118 cm³/mol. The highest BCUT2D eigenvalue weighted by molar-refractivity contribution is 9.10. The number of benzene rings is 3. The molecule has 1 amide bonds. The molecule has 28 heavy (non-hydrogen) atoms. The van der Waals surface area contributed by atoms with Gasteiger partial charge in [0.15, 0.2) is 4.34 Å². The van der Waals surface area contributed by atoms with Crippen LogP contribution in [0, 0.1) is 5.82 Å². The van der Waals surface area contributed by atoms with Crippen LogP contribution in [0.5, 0.6) is 0 Å². The summed E-state index contributed by atoms with van der Waals surface area (Å²) in [7, 11) is 0. The Morgan fingerprint density at radius 1 is 1.11 bits per heavy atom. The fourth-order valence-electron chi connectivity index (χ4n) is 2.61. The monoisotopic (exact) mass is 472 g/mol. The summed E-state index contributed by atoms with van der Waals surface area (Å²) in [6.45, 7) is 0. The van der Waals surface area contributed by atoms with E-state index in [1.807, 2.05) is 24.3 Å². The Bertz CT molecular complexity index is 1140. The van der Waals surface area contributed by atoms with Crippen molar-refractivity contribution < 1.29 is 9.18 Å². The maximum atomic E-state index is 13.8. The van der Waals surface area contributed by atoms with Gasteiger partial charge in [0.05, 0.1) is 15.8 Å². The number of fused-ring (bicyclic) bond motifs is 1. The van der Waals surface area contributed by atoms with Crippen LogP contribution in [0.2, 0.25) is 0 Å². The number of nitrogens with one attached hydrogen (secondary N) is 1. The highest BCUT2D eigenvalue weighted by atomic mass is 79.9. The minimum Gasteiger partial charge on any atom is -0.322 e. The van der Waals surface area contributed by atoms with E-state index < -0.39 is 11.7 Å². The first-order chi connectivity index (χ1) is 13.6. The summed E-state index contributed by atoms with van der Waals surface area (Å²) in [6, 6.07) is 19.7. The standard InChI is InChI=1S/C21H14BrFN2OS2/c22-14-7-5-13(6-8-14)12-27-21-25-18-10-9-15(11-19(18)28-21)24-20(26)16-3-1-2-4-17(16)23/h1-11H,12H2,(H,24,26). The Hall–Kier alpha value is -2.22. The highest BCUT2D eigenvalue weighted by Crippen LogP contribution is 2.33. The molecule has 0 spiro atoms. The summed E-state index contributed by atoms with van der Waals surface area (Å²) in [5.74, 6) is -0.165. The van der Waals surface area contributed by atoms with Crippen LogP contribution < -0.4 is 5.32 Å². The molecule has 3 nitrogen and oxygen atoms in total. The van der Waals surface area contributed by atoms with E-state index in [0.717, 1.165) is 24.8 Å². The van der Waals surface area contributed by atoms with E-state index in [0.29, 0.717) is 5.69 Å². The van der Waals surface area contributed by atoms with Gasteiger partial charge in [0.2, 0.25) is 0 Å². The van der Waals surface area contributed by atoms with Gasteiger partial charge in [-0.2, -0.15) is 0 Å². The third-order valence-electron chi connectivity index (χ3n) is 4.02. The lowest BCUT2D eigenvalue weighted by molar-refractivity contribution is 0.102. The molecule has 0 aliphatic heterocycles. The number of halogens is 2. The second kappa shape index (κ2) is 8.43. The minimum absolute atomic E-state index is 0.0256. The lowest BCUT2D eigenvalue weighted by atomic mass is 10.2. The van der Waals surface area contributed by atoms with Crippen molar-refractivity contribution in [2.45, 2.75) is 10.1 Å². The van der Waals surface area contributed by atoms with Crippen molar-refractivity contribution in [3.05, 3.63) is 88.1 Å². The SMILES string of the molecule is O=C(Nc1ccc2nc(SCc3ccc(Br)cc3)sc2c1)c1ccccc1F. The van der Waals surface area contributed by atoms with Gasteiger partial charge in [0.1, 0.15) is 5.82 Å². The van der Waals surface area contributed by atoms with E-state index in [-0.39, 0.29) is 5.56 Å². The molecule has 3 aromatic carbocycles. The Balaban J connectivity index is 1.47. The molecule has 0 radical (unpaired) electrons. The van der Waals surface area contributed by atoms with Gasteiger partial charge in [-0.15, -0.1) is 11.3 Å². The number of thioether (sulfide) groups is 1. The molecule has 0 saturated heterocycles. The van der Waals surface area contributed by atoms with Crippen LogP contribution in [-0.4, -0.2) is 10.9 Å². The second-order valence-corrected chi connectivity index (χ2v) is 9.18. The van der Waals surface area contributed by atoms with Gasteiger partial charge in [-0.3, -0.25) is 4.79 Å². The summed E-state index contributed by atoms with van der Waals surface area (Å²) in [6.07, 6.45) is 0.